The lowest BCUT2D eigenvalue weighted by Gasteiger charge is -2.04. The smallest absolute Gasteiger partial charge is 0.370 e. The molecule has 10 heteroatoms. The van der Waals surface area contributed by atoms with Gasteiger partial charge in [-0.05, 0) is 36.0 Å². The highest BCUT2D eigenvalue weighted by Gasteiger charge is 2.21. The van der Waals surface area contributed by atoms with Gasteiger partial charge in [0.2, 0.25) is 5.91 Å². The van der Waals surface area contributed by atoms with Crippen LogP contribution in [-0.2, 0) is 16.1 Å². The fraction of sp³-hybridized carbons (Fsp3) is 0.312. The fourth-order valence-electron chi connectivity index (χ4n) is 2.94. The Bertz CT molecular complexity index is 972. The molecule has 1 aromatic carbocycles. The fourth-order valence-corrected chi connectivity index (χ4v) is 2.94. The number of ether oxygens (including phenoxy) is 1. The van der Waals surface area contributed by atoms with E-state index in [-0.39, 0.29) is 24.4 Å². The van der Waals surface area contributed by atoms with Crippen LogP contribution in [0.1, 0.15) is 24.8 Å². The Balaban J connectivity index is 1.45. The number of nitro groups is 1. The minimum Gasteiger partial charge on any atom is -0.370 e. The van der Waals surface area contributed by atoms with E-state index >= 15 is 0 Å². The Labute approximate surface area is 147 Å². The lowest BCUT2D eigenvalue weighted by molar-refractivity contribution is -0.389. The quantitative estimate of drug-likeness (QED) is 0.532. The van der Waals surface area contributed by atoms with Gasteiger partial charge in [0.25, 0.3) is 0 Å². The number of amides is 1. The van der Waals surface area contributed by atoms with Gasteiger partial charge in [-0.2, -0.15) is 4.68 Å². The molecule has 2 N–H and O–H groups in total. The molecule has 3 aromatic rings. The van der Waals surface area contributed by atoms with E-state index in [0.717, 1.165) is 36.3 Å². The van der Waals surface area contributed by atoms with Crippen molar-refractivity contribution < 1.29 is 14.5 Å². The minimum atomic E-state index is -0.605. The summed E-state index contributed by atoms with van der Waals surface area (Å²) in [5, 5.41) is 17.1. The largest absolute Gasteiger partial charge is 0.389 e. The molecule has 0 spiro atoms. The second-order valence-electron chi connectivity index (χ2n) is 6.03. The molecular formula is C16H16N6O4. The second-order valence-corrected chi connectivity index (χ2v) is 6.03. The number of nitrogens with zero attached hydrogens (tertiary/aromatic N) is 4. The van der Waals surface area contributed by atoms with Crippen LogP contribution in [-0.4, -0.2) is 37.2 Å². The number of imidazole rings is 1. The molecule has 134 valence electrons. The number of carbonyl (C=O) groups excluding carboxylic acids is 1. The summed E-state index contributed by atoms with van der Waals surface area (Å²) >= 11 is 0. The average Bonchev–Trinajstić information content (AvgIpc) is 3.34. The molecule has 4 rings (SSSR count). The number of carbonyl (C=O) groups is 1. The molecule has 1 unspecified atom stereocenters. The van der Waals surface area contributed by atoms with Crippen molar-refractivity contribution in [2.45, 2.75) is 25.5 Å². The summed E-state index contributed by atoms with van der Waals surface area (Å²) in [6, 6.07) is 6.62. The molecule has 2 aromatic heterocycles. The van der Waals surface area contributed by atoms with Crippen molar-refractivity contribution in [1.29, 1.82) is 0 Å². The highest BCUT2D eigenvalue weighted by molar-refractivity contribution is 5.92. The lowest BCUT2D eigenvalue weighted by Crippen LogP contribution is -2.19. The molecule has 26 heavy (non-hydrogen) atoms. The van der Waals surface area contributed by atoms with Gasteiger partial charge < -0.3 is 25.2 Å². The number of aromatic amines is 1. The normalized spacial score (nSPS) is 16.8. The number of H-pyrrole nitrogens is 1. The van der Waals surface area contributed by atoms with Crippen LogP contribution in [0.4, 0.5) is 11.5 Å². The zero-order valence-corrected chi connectivity index (χ0v) is 13.7. The summed E-state index contributed by atoms with van der Waals surface area (Å²) in [7, 11) is 0. The highest BCUT2D eigenvalue weighted by atomic mass is 16.6. The first-order chi connectivity index (χ1) is 12.6. The van der Waals surface area contributed by atoms with Crippen LogP contribution in [0.3, 0.4) is 0 Å². The van der Waals surface area contributed by atoms with E-state index in [1.165, 1.54) is 16.9 Å². The van der Waals surface area contributed by atoms with Crippen LogP contribution >= 0.6 is 0 Å². The third kappa shape index (κ3) is 3.26. The van der Waals surface area contributed by atoms with Crippen LogP contribution in [0, 0.1) is 10.1 Å². The molecule has 0 saturated carbocycles. The second kappa shape index (κ2) is 6.56. The maximum absolute atomic E-state index is 12.1. The molecule has 0 bridgehead atoms. The predicted octanol–water partition coefficient (Wildman–Crippen LogP) is 2.16. The van der Waals surface area contributed by atoms with E-state index in [9.17, 15) is 14.9 Å². The van der Waals surface area contributed by atoms with E-state index < -0.39 is 4.92 Å². The van der Waals surface area contributed by atoms with Gasteiger partial charge in [-0.25, -0.2) is 4.98 Å². The first-order valence-electron chi connectivity index (χ1n) is 8.17. The zero-order valence-electron chi connectivity index (χ0n) is 13.7. The molecule has 0 radical (unpaired) electrons. The molecular weight excluding hydrogens is 340 g/mol. The molecule has 1 amide bonds. The highest BCUT2D eigenvalue weighted by Crippen LogP contribution is 2.28. The summed E-state index contributed by atoms with van der Waals surface area (Å²) in [5.74, 6) is 0.171. The summed E-state index contributed by atoms with van der Waals surface area (Å²) in [5.41, 5.74) is 2.21. The number of benzene rings is 1. The minimum absolute atomic E-state index is 0.00366. The van der Waals surface area contributed by atoms with E-state index in [4.69, 9.17) is 4.74 Å². The van der Waals surface area contributed by atoms with Crippen LogP contribution < -0.4 is 5.32 Å². The van der Waals surface area contributed by atoms with Gasteiger partial charge in [-0.15, -0.1) is 0 Å². The molecule has 0 aliphatic carbocycles. The van der Waals surface area contributed by atoms with Crippen molar-refractivity contribution in [2.24, 2.45) is 0 Å². The predicted molar refractivity (Wildman–Crippen MR) is 91.5 cm³/mol. The molecule has 1 saturated heterocycles. The number of hydrogen-bond acceptors (Lipinski definition) is 6. The number of anilines is 1. The summed E-state index contributed by atoms with van der Waals surface area (Å²) in [6.45, 7) is 0.630. The van der Waals surface area contributed by atoms with Crippen molar-refractivity contribution in [2.75, 3.05) is 11.9 Å². The van der Waals surface area contributed by atoms with Gasteiger partial charge in [-0.1, -0.05) is 0 Å². The average molecular weight is 356 g/mol. The third-order valence-corrected chi connectivity index (χ3v) is 4.14. The Kier molecular flexibility index (Phi) is 4.09. The van der Waals surface area contributed by atoms with Gasteiger partial charge in [0.1, 0.15) is 18.5 Å². The van der Waals surface area contributed by atoms with Gasteiger partial charge in [-0.3, -0.25) is 4.79 Å². The lowest BCUT2D eigenvalue weighted by atomic mass is 10.2. The maximum atomic E-state index is 12.1. The molecule has 1 aliphatic rings. The Morgan fingerprint density at radius 1 is 1.46 bits per heavy atom. The number of nitrogens with one attached hydrogen (secondary N) is 2. The van der Waals surface area contributed by atoms with Crippen LogP contribution in [0.2, 0.25) is 0 Å². The SMILES string of the molecule is O=C(Cn1ccc([N+](=O)[O-])n1)Nc1ccc2nc(C3CCCO3)[nH]c2c1. The number of fused-ring (bicyclic) bond motifs is 1. The third-order valence-electron chi connectivity index (χ3n) is 4.14. The van der Waals surface area contributed by atoms with E-state index in [1.54, 1.807) is 12.1 Å². The number of aromatic nitrogens is 4. The summed E-state index contributed by atoms with van der Waals surface area (Å²) < 4.78 is 6.85. The van der Waals surface area contributed by atoms with Gasteiger partial charge in [0.15, 0.2) is 0 Å². The van der Waals surface area contributed by atoms with E-state index in [2.05, 4.69) is 20.4 Å². The Hall–Kier alpha value is -3.27. The first kappa shape index (κ1) is 16.2. The van der Waals surface area contributed by atoms with Crippen LogP contribution in [0.25, 0.3) is 11.0 Å². The van der Waals surface area contributed by atoms with Crippen molar-refractivity contribution >= 4 is 28.4 Å². The molecule has 3 heterocycles. The van der Waals surface area contributed by atoms with E-state index in [1.807, 2.05) is 6.07 Å². The number of hydrogen-bond donors (Lipinski definition) is 2. The topological polar surface area (TPSA) is 128 Å². The monoisotopic (exact) mass is 356 g/mol. The Morgan fingerprint density at radius 2 is 2.35 bits per heavy atom. The molecule has 1 atom stereocenters. The molecule has 1 aliphatic heterocycles. The van der Waals surface area contributed by atoms with Crippen molar-refractivity contribution in [1.82, 2.24) is 19.7 Å². The van der Waals surface area contributed by atoms with Crippen LogP contribution in [0.5, 0.6) is 0 Å². The standard InChI is InChI=1S/C16H16N6O4/c23-15(9-21-6-5-14(20-21)22(24)25)17-10-3-4-11-12(8-10)19-16(18-11)13-2-1-7-26-13/h3-6,8,13H,1-2,7,9H2,(H,17,23)(H,18,19). The van der Waals surface area contributed by atoms with Crippen molar-refractivity contribution in [3.05, 3.63) is 46.4 Å². The van der Waals surface area contributed by atoms with Gasteiger partial charge in [0.05, 0.1) is 28.4 Å². The first-order valence-corrected chi connectivity index (χ1v) is 8.17. The Morgan fingerprint density at radius 3 is 3.08 bits per heavy atom. The van der Waals surface area contributed by atoms with Gasteiger partial charge >= 0.3 is 5.82 Å². The summed E-state index contributed by atoms with van der Waals surface area (Å²) in [4.78, 5) is 29.9. The maximum Gasteiger partial charge on any atom is 0.389 e. The summed E-state index contributed by atoms with van der Waals surface area (Å²) in [6.07, 6.45) is 3.36. The molecule has 10 nitrogen and oxygen atoms in total. The van der Waals surface area contributed by atoms with E-state index in [0.29, 0.717) is 5.69 Å². The van der Waals surface area contributed by atoms with Crippen molar-refractivity contribution in [3.63, 3.8) is 0 Å². The van der Waals surface area contributed by atoms with Crippen molar-refractivity contribution in [3.8, 4) is 0 Å². The zero-order chi connectivity index (χ0) is 18.1. The van der Waals surface area contributed by atoms with Crippen LogP contribution in [0.15, 0.2) is 30.5 Å². The number of rotatable bonds is 5. The molecule has 1 fully saturated rings. The van der Waals surface area contributed by atoms with Gasteiger partial charge in [0, 0.05) is 12.3 Å².